The number of rotatable bonds is 6. The van der Waals surface area contributed by atoms with E-state index in [1.807, 2.05) is 97.1 Å². The van der Waals surface area contributed by atoms with Gasteiger partial charge in [0.25, 0.3) is 0 Å². The number of benzene rings is 5. The zero-order valence-electron chi connectivity index (χ0n) is 18.5. The highest BCUT2D eigenvalue weighted by Crippen LogP contribution is 2.42. The molecule has 0 fully saturated rings. The molecule has 4 heteroatoms. The average Bonchev–Trinajstić information content (AvgIpc) is 2.88. The largest absolute Gasteiger partial charge is 0.457 e. The van der Waals surface area contributed by atoms with Crippen LogP contribution in [0.2, 0.25) is 0 Å². The van der Waals surface area contributed by atoms with Gasteiger partial charge in [0.1, 0.15) is 23.0 Å². The Labute approximate surface area is 199 Å². The molecule has 0 unspecified atom stereocenters. The van der Waals surface area contributed by atoms with Crippen molar-refractivity contribution in [3.8, 4) is 45.3 Å². The number of ether oxygens (including phenoxy) is 2. The Morgan fingerprint density at radius 3 is 1.06 bits per heavy atom. The molecule has 0 bridgehead atoms. The molecule has 0 aliphatic carbocycles. The number of nitrogen functional groups attached to an aromatic ring is 2. The molecular weight excluding hydrogens is 420 g/mol. The van der Waals surface area contributed by atoms with E-state index in [9.17, 15) is 0 Å². The third kappa shape index (κ3) is 4.57. The van der Waals surface area contributed by atoms with Crippen molar-refractivity contribution in [3.05, 3.63) is 121 Å². The molecule has 0 heterocycles. The van der Waals surface area contributed by atoms with E-state index in [1.54, 1.807) is 0 Å². The lowest BCUT2D eigenvalue weighted by Gasteiger charge is -2.17. The molecule has 4 nitrogen and oxygen atoms in total. The first-order valence-corrected chi connectivity index (χ1v) is 11.0. The second kappa shape index (κ2) is 9.43. The van der Waals surface area contributed by atoms with Crippen molar-refractivity contribution in [2.75, 3.05) is 11.5 Å². The van der Waals surface area contributed by atoms with Gasteiger partial charge in [0.15, 0.2) is 0 Å². The summed E-state index contributed by atoms with van der Waals surface area (Å²) in [6.07, 6.45) is 0. The van der Waals surface area contributed by atoms with Gasteiger partial charge in [-0.25, -0.2) is 0 Å². The van der Waals surface area contributed by atoms with Gasteiger partial charge in [0.05, 0.1) is 0 Å². The maximum Gasteiger partial charge on any atom is 0.135 e. The third-order valence-electron chi connectivity index (χ3n) is 5.50. The van der Waals surface area contributed by atoms with Gasteiger partial charge in [0, 0.05) is 22.5 Å². The second-order valence-corrected chi connectivity index (χ2v) is 7.88. The van der Waals surface area contributed by atoms with Crippen LogP contribution in [0, 0.1) is 0 Å². The number of anilines is 2. The van der Waals surface area contributed by atoms with E-state index < -0.39 is 0 Å². The first-order valence-electron chi connectivity index (χ1n) is 11.0. The van der Waals surface area contributed by atoms with Crippen molar-refractivity contribution in [1.82, 2.24) is 0 Å². The summed E-state index contributed by atoms with van der Waals surface area (Å²) in [4.78, 5) is 0. The van der Waals surface area contributed by atoms with Gasteiger partial charge in [0.2, 0.25) is 0 Å². The minimum atomic E-state index is 0.698. The maximum atomic E-state index is 6.25. The molecule has 0 aliphatic heterocycles. The quantitative estimate of drug-likeness (QED) is 0.262. The van der Waals surface area contributed by atoms with Crippen LogP contribution in [0.4, 0.5) is 11.4 Å². The van der Waals surface area contributed by atoms with Crippen molar-refractivity contribution in [2.45, 2.75) is 0 Å². The molecule has 4 N–H and O–H groups in total. The molecule has 34 heavy (non-hydrogen) atoms. The molecule has 0 atom stereocenters. The molecule has 5 rings (SSSR count). The first-order chi connectivity index (χ1) is 16.7. The highest BCUT2D eigenvalue weighted by atomic mass is 16.5. The topological polar surface area (TPSA) is 70.5 Å². The minimum absolute atomic E-state index is 0.698. The van der Waals surface area contributed by atoms with Crippen LogP contribution < -0.4 is 20.9 Å². The van der Waals surface area contributed by atoms with Crippen LogP contribution in [0.3, 0.4) is 0 Å². The van der Waals surface area contributed by atoms with E-state index in [-0.39, 0.29) is 0 Å². The smallest absolute Gasteiger partial charge is 0.135 e. The van der Waals surface area contributed by atoms with E-state index in [0.717, 1.165) is 45.3 Å². The SMILES string of the molecule is Nc1ccc(Oc2ccccc2-c2ccccc2-c2ccccc2Oc2ccc(N)cc2)cc1. The zero-order chi connectivity index (χ0) is 23.3. The van der Waals surface area contributed by atoms with Crippen LogP contribution in [0.1, 0.15) is 0 Å². The fourth-order valence-corrected chi connectivity index (χ4v) is 3.83. The van der Waals surface area contributed by atoms with Gasteiger partial charge in [-0.3, -0.25) is 0 Å². The average molecular weight is 445 g/mol. The Morgan fingerprint density at radius 2 is 0.676 bits per heavy atom. The number of hydrogen-bond acceptors (Lipinski definition) is 4. The summed E-state index contributed by atoms with van der Waals surface area (Å²) in [7, 11) is 0. The fraction of sp³-hybridized carbons (Fsp3) is 0. The number of nitrogens with two attached hydrogens (primary N) is 2. The predicted octanol–water partition coefficient (Wildman–Crippen LogP) is 7.77. The lowest BCUT2D eigenvalue weighted by atomic mass is 9.93. The maximum absolute atomic E-state index is 6.25. The summed E-state index contributed by atoms with van der Waals surface area (Å²) in [5.74, 6) is 2.98. The van der Waals surface area contributed by atoms with Crippen LogP contribution in [-0.4, -0.2) is 0 Å². The van der Waals surface area contributed by atoms with Crippen LogP contribution in [0.15, 0.2) is 121 Å². The minimum Gasteiger partial charge on any atom is -0.457 e. The summed E-state index contributed by atoms with van der Waals surface area (Å²) in [5.41, 5.74) is 17.1. The number of hydrogen-bond donors (Lipinski definition) is 2. The van der Waals surface area contributed by atoms with Crippen molar-refractivity contribution >= 4 is 11.4 Å². The zero-order valence-corrected chi connectivity index (χ0v) is 18.5. The molecule has 5 aromatic rings. The van der Waals surface area contributed by atoms with E-state index in [0.29, 0.717) is 11.4 Å². The second-order valence-electron chi connectivity index (χ2n) is 7.88. The van der Waals surface area contributed by atoms with Crippen molar-refractivity contribution in [2.24, 2.45) is 0 Å². The molecule has 0 saturated carbocycles. The molecular formula is C30H24N2O2. The van der Waals surface area contributed by atoms with Gasteiger partial charge in [-0.1, -0.05) is 60.7 Å². The molecule has 0 amide bonds. The summed E-state index contributed by atoms with van der Waals surface area (Å²) in [6, 6.07) is 39.1. The highest BCUT2D eigenvalue weighted by molar-refractivity contribution is 5.88. The van der Waals surface area contributed by atoms with Gasteiger partial charge in [-0.15, -0.1) is 0 Å². The summed E-state index contributed by atoms with van der Waals surface area (Å²) >= 11 is 0. The monoisotopic (exact) mass is 444 g/mol. The van der Waals surface area contributed by atoms with Crippen LogP contribution in [0.25, 0.3) is 22.3 Å². The van der Waals surface area contributed by atoms with Gasteiger partial charge >= 0.3 is 0 Å². The lowest BCUT2D eigenvalue weighted by molar-refractivity contribution is 0.483. The Bertz CT molecular complexity index is 1300. The van der Waals surface area contributed by atoms with Crippen molar-refractivity contribution in [1.29, 1.82) is 0 Å². The highest BCUT2D eigenvalue weighted by Gasteiger charge is 2.15. The first kappa shape index (κ1) is 21.2. The third-order valence-corrected chi connectivity index (χ3v) is 5.50. The van der Waals surface area contributed by atoms with Crippen LogP contribution >= 0.6 is 0 Å². The molecule has 5 aromatic carbocycles. The predicted molar refractivity (Wildman–Crippen MR) is 139 cm³/mol. The lowest BCUT2D eigenvalue weighted by Crippen LogP contribution is -1.93. The molecule has 166 valence electrons. The summed E-state index contributed by atoms with van der Waals surface area (Å²) in [5, 5.41) is 0. The van der Waals surface area contributed by atoms with Gasteiger partial charge < -0.3 is 20.9 Å². The molecule has 0 radical (unpaired) electrons. The van der Waals surface area contributed by atoms with E-state index in [1.165, 1.54) is 0 Å². The van der Waals surface area contributed by atoms with Crippen molar-refractivity contribution < 1.29 is 9.47 Å². The van der Waals surface area contributed by atoms with Gasteiger partial charge in [-0.2, -0.15) is 0 Å². The molecule has 0 aliphatic rings. The standard InChI is InChI=1S/C30H24N2O2/c31-21-13-17-23(18-14-21)33-29-11-5-3-9-27(29)25-7-1-2-8-26(25)28-10-4-6-12-30(28)34-24-19-15-22(32)16-20-24/h1-20H,31-32H2. The Hall–Kier alpha value is -4.70. The Kier molecular flexibility index (Phi) is 5.87. The number of para-hydroxylation sites is 2. The van der Waals surface area contributed by atoms with E-state index in [2.05, 4.69) is 24.3 Å². The molecule has 0 spiro atoms. The normalized spacial score (nSPS) is 10.6. The van der Waals surface area contributed by atoms with E-state index in [4.69, 9.17) is 20.9 Å². The summed E-state index contributed by atoms with van der Waals surface area (Å²) < 4.78 is 12.5. The van der Waals surface area contributed by atoms with Crippen molar-refractivity contribution in [3.63, 3.8) is 0 Å². The Balaban J connectivity index is 1.56. The molecule has 0 aromatic heterocycles. The summed E-state index contributed by atoms with van der Waals surface area (Å²) in [6.45, 7) is 0. The van der Waals surface area contributed by atoms with Crippen LogP contribution in [0.5, 0.6) is 23.0 Å². The van der Waals surface area contributed by atoms with Gasteiger partial charge in [-0.05, 0) is 71.8 Å². The van der Waals surface area contributed by atoms with Crippen LogP contribution in [-0.2, 0) is 0 Å². The molecule has 0 saturated heterocycles. The van der Waals surface area contributed by atoms with E-state index >= 15 is 0 Å². The Morgan fingerprint density at radius 1 is 0.353 bits per heavy atom. The fourth-order valence-electron chi connectivity index (χ4n) is 3.83.